The molecule has 0 fully saturated rings. The average molecular weight is 233 g/mol. The molecule has 0 saturated heterocycles. The zero-order chi connectivity index (χ0) is 11.4. The van der Waals surface area contributed by atoms with E-state index in [4.69, 9.17) is 4.74 Å². The lowest BCUT2D eigenvalue weighted by molar-refractivity contribution is 0.309. The molecule has 0 amide bonds. The van der Waals surface area contributed by atoms with E-state index in [-0.39, 0.29) is 0 Å². The van der Waals surface area contributed by atoms with Gasteiger partial charge >= 0.3 is 0 Å². The molecule has 0 aliphatic heterocycles. The van der Waals surface area contributed by atoms with Gasteiger partial charge < -0.3 is 4.74 Å². The van der Waals surface area contributed by atoms with Crippen molar-refractivity contribution in [3.63, 3.8) is 0 Å². The van der Waals surface area contributed by atoms with Crippen LogP contribution in [0.4, 0.5) is 0 Å². The highest BCUT2D eigenvalue weighted by Crippen LogP contribution is 2.18. The predicted octanol–water partition coefficient (Wildman–Crippen LogP) is 3.59. The van der Waals surface area contributed by atoms with Crippen molar-refractivity contribution in [1.82, 2.24) is 4.98 Å². The highest BCUT2D eigenvalue weighted by atomic mass is 32.1. The van der Waals surface area contributed by atoms with Crippen LogP contribution in [0.2, 0.25) is 0 Å². The van der Waals surface area contributed by atoms with Gasteiger partial charge in [0.2, 0.25) is 0 Å². The van der Waals surface area contributed by atoms with Gasteiger partial charge in [0.15, 0.2) is 0 Å². The summed E-state index contributed by atoms with van der Waals surface area (Å²) in [6.07, 6.45) is 2.92. The number of aromatic nitrogens is 1. The van der Waals surface area contributed by atoms with Crippen LogP contribution in [0.15, 0.2) is 30.5 Å². The van der Waals surface area contributed by atoms with E-state index in [0.717, 1.165) is 17.2 Å². The molecule has 84 valence electrons. The van der Waals surface area contributed by atoms with E-state index in [1.54, 1.807) is 11.3 Å². The third-order valence-electron chi connectivity index (χ3n) is 2.36. The number of hydrogen-bond acceptors (Lipinski definition) is 3. The van der Waals surface area contributed by atoms with Gasteiger partial charge in [-0.3, -0.25) is 0 Å². The van der Waals surface area contributed by atoms with Crippen LogP contribution in [0.1, 0.15) is 22.4 Å². The Kier molecular flexibility index (Phi) is 3.57. The Labute approximate surface area is 99.9 Å². The number of benzene rings is 1. The number of thiazole rings is 1. The van der Waals surface area contributed by atoms with Crippen molar-refractivity contribution < 1.29 is 4.74 Å². The van der Waals surface area contributed by atoms with Crippen LogP contribution in [0.5, 0.6) is 5.75 Å². The molecule has 0 N–H and O–H groups in total. The molecule has 0 aliphatic rings. The van der Waals surface area contributed by atoms with Gasteiger partial charge in [0, 0.05) is 6.20 Å². The highest BCUT2D eigenvalue weighted by molar-refractivity contribution is 7.11. The number of hydrogen-bond donors (Lipinski definition) is 0. The molecular formula is C13H15NOS. The minimum absolute atomic E-state index is 0.610. The van der Waals surface area contributed by atoms with Crippen LogP contribution in [0, 0.1) is 6.92 Å². The summed E-state index contributed by atoms with van der Waals surface area (Å²) in [4.78, 5) is 5.37. The van der Waals surface area contributed by atoms with E-state index >= 15 is 0 Å². The Morgan fingerprint density at radius 3 is 2.94 bits per heavy atom. The predicted molar refractivity (Wildman–Crippen MR) is 67.0 cm³/mol. The number of aryl methyl sites for hydroxylation is 2. The van der Waals surface area contributed by atoms with E-state index < -0.39 is 0 Å². The van der Waals surface area contributed by atoms with Gasteiger partial charge in [-0.1, -0.05) is 19.1 Å². The quantitative estimate of drug-likeness (QED) is 0.805. The molecule has 0 unspecified atom stereocenters. The Balaban J connectivity index is 1.99. The molecule has 1 heterocycles. The highest BCUT2D eigenvalue weighted by Gasteiger charge is 2.00. The normalized spacial score (nSPS) is 10.4. The molecule has 0 bridgehead atoms. The van der Waals surface area contributed by atoms with E-state index in [0.29, 0.717) is 6.61 Å². The van der Waals surface area contributed by atoms with E-state index in [1.165, 1.54) is 10.4 Å². The summed E-state index contributed by atoms with van der Waals surface area (Å²) in [6.45, 7) is 4.76. The van der Waals surface area contributed by atoms with Gasteiger partial charge in [0.25, 0.3) is 0 Å². The molecule has 0 spiro atoms. The van der Waals surface area contributed by atoms with Crippen LogP contribution in [0.3, 0.4) is 0 Å². The topological polar surface area (TPSA) is 22.1 Å². The maximum atomic E-state index is 5.72. The summed E-state index contributed by atoms with van der Waals surface area (Å²) in [5.41, 5.74) is 1.30. The van der Waals surface area contributed by atoms with E-state index in [2.05, 4.69) is 24.0 Å². The SMILES string of the molecule is CCc1cccc(OCc2cnc(C)s2)c1. The second-order valence-corrected chi connectivity index (χ2v) is 4.95. The summed E-state index contributed by atoms with van der Waals surface area (Å²) < 4.78 is 5.72. The first-order valence-electron chi connectivity index (χ1n) is 5.41. The molecule has 0 radical (unpaired) electrons. The Morgan fingerprint density at radius 2 is 2.25 bits per heavy atom. The summed E-state index contributed by atoms with van der Waals surface area (Å²) in [6, 6.07) is 8.23. The van der Waals surface area contributed by atoms with Gasteiger partial charge in [-0.2, -0.15) is 0 Å². The number of rotatable bonds is 4. The molecule has 2 aromatic rings. The van der Waals surface area contributed by atoms with Crippen LogP contribution in [-0.4, -0.2) is 4.98 Å². The Hall–Kier alpha value is -1.35. The van der Waals surface area contributed by atoms with Crippen LogP contribution < -0.4 is 4.74 Å². The molecule has 0 aliphatic carbocycles. The molecule has 3 heteroatoms. The van der Waals surface area contributed by atoms with Gasteiger partial charge in [-0.05, 0) is 31.0 Å². The first-order valence-corrected chi connectivity index (χ1v) is 6.22. The zero-order valence-corrected chi connectivity index (χ0v) is 10.4. The van der Waals surface area contributed by atoms with Gasteiger partial charge in [0.05, 0.1) is 9.88 Å². The maximum Gasteiger partial charge on any atom is 0.124 e. The molecule has 16 heavy (non-hydrogen) atoms. The lowest BCUT2D eigenvalue weighted by atomic mass is 10.2. The summed E-state index contributed by atoms with van der Waals surface area (Å²) in [7, 11) is 0. The average Bonchev–Trinajstić information content (AvgIpc) is 2.73. The number of ether oxygens (including phenoxy) is 1. The molecule has 0 saturated carbocycles. The van der Waals surface area contributed by atoms with Gasteiger partial charge in [-0.25, -0.2) is 4.98 Å². The second-order valence-electron chi connectivity index (χ2n) is 3.64. The van der Waals surface area contributed by atoms with Crippen molar-refractivity contribution in [1.29, 1.82) is 0 Å². The van der Waals surface area contributed by atoms with Crippen LogP contribution in [-0.2, 0) is 13.0 Å². The van der Waals surface area contributed by atoms with Crippen molar-refractivity contribution >= 4 is 11.3 Å². The van der Waals surface area contributed by atoms with E-state index in [9.17, 15) is 0 Å². The standard InChI is InChI=1S/C13H15NOS/c1-3-11-5-4-6-12(7-11)15-9-13-8-14-10(2)16-13/h4-8H,3,9H2,1-2H3. The first-order chi connectivity index (χ1) is 7.78. The molecule has 2 nitrogen and oxygen atoms in total. The fourth-order valence-corrected chi connectivity index (χ4v) is 2.19. The fraction of sp³-hybridized carbons (Fsp3) is 0.308. The molecule has 2 rings (SSSR count). The molecule has 0 atom stereocenters. The Bertz CT molecular complexity index is 464. The van der Waals surface area contributed by atoms with E-state index in [1.807, 2.05) is 25.3 Å². The van der Waals surface area contributed by atoms with Crippen LogP contribution in [0.25, 0.3) is 0 Å². The third kappa shape index (κ3) is 2.83. The smallest absolute Gasteiger partial charge is 0.124 e. The fourth-order valence-electron chi connectivity index (χ4n) is 1.48. The second kappa shape index (κ2) is 5.12. The van der Waals surface area contributed by atoms with Gasteiger partial charge in [-0.15, -0.1) is 11.3 Å². The first kappa shape index (κ1) is 11.1. The number of nitrogens with zero attached hydrogens (tertiary/aromatic N) is 1. The molecule has 1 aromatic heterocycles. The summed E-state index contributed by atoms with van der Waals surface area (Å²) in [5.74, 6) is 0.936. The maximum absolute atomic E-state index is 5.72. The van der Waals surface area contributed by atoms with Crippen molar-refractivity contribution in [2.45, 2.75) is 26.9 Å². The van der Waals surface area contributed by atoms with Crippen molar-refractivity contribution in [2.24, 2.45) is 0 Å². The van der Waals surface area contributed by atoms with Crippen LogP contribution >= 0.6 is 11.3 Å². The Morgan fingerprint density at radius 1 is 1.38 bits per heavy atom. The largest absolute Gasteiger partial charge is 0.488 e. The zero-order valence-electron chi connectivity index (χ0n) is 9.56. The molecular weight excluding hydrogens is 218 g/mol. The lowest BCUT2D eigenvalue weighted by Gasteiger charge is -2.05. The minimum Gasteiger partial charge on any atom is -0.488 e. The molecule has 1 aromatic carbocycles. The van der Waals surface area contributed by atoms with Crippen molar-refractivity contribution in [3.05, 3.63) is 45.9 Å². The lowest BCUT2D eigenvalue weighted by Crippen LogP contribution is -1.93. The van der Waals surface area contributed by atoms with Crippen molar-refractivity contribution in [2.75, 3.05) is 0 Å². The summed E-state index contributed by atoms with van der Waals surface area (Å²) >= 11 is 1.68. The monoisotopic (exact) mass is 233 g/mol. The third-order valence-corrected chi connectivity index (χ3v) is 3.24. The van der Waals surface area contributed by atoms with Crippen molar-refractivity contribution in [3.8, 4) is 5.75 Å². The summed E-state index contributed by atoms with van der Waals surface area (Å²) in [5, 5.41) is 1.08. The minimum atomic E-state index is 0.610. The van der Waals surface area contributed by atoms with Gasteiger partial charge in [0.1, 0.15) is 12.4 Å².